The fourth-order valence-electron chi connectivity index (χ4n) is 1.22. The van der Waals surface area contributed by atoms with E-state index in [4.69, 9.17) is 23.1 Å². The van der Waals surface area contributed by atoms with Gasteiger partial charge in [-0.15, -0.1) is 0 Å². The fraction of sp³-hybridized carbons (Fsp3) is 0. The summed E-state index contributed by atoms with van der Waals surface area (Å²) in [6.45, 7) is 0. The van der Waals surface area contributed by atoms with Gasteiger partial charge in [-0.3, -0.25) is 0 Å². The first-order valence-corrected chi connectivity index (χ1v) is 4.70. The molecule has 0 aliphatic heterocycles. The molecular formula is C9H8ClN5O. The van der Waals surface area contributed by atoms with E-state index in [9.17, 15) is 5.11 Å². The quantitative estimate of drug-likeness (QED) is 0.684. The molecule has 5 N–H and O–H groups in total. The predicted octanol–water partition coefficient (Wildman–Crippen LogP) is 1.06. The molecule has 0 aliphatic rings. The minimum atomic E-state index is -0.0122. The minimum absolute atomic E-state index is 0.00519. The number of nitrogen functional groups attached to an aromatic ring is 2. The number of hydrogen-bond acceptors (Lipinski definition) is 6. The van der Waals surface area contributed by atoms with Crippen LogP contribution in [0.15, 0.2) is 18.2 Å². The number of hydrogen-bond donors (Lipinski definition) is 3. The molecule has 0 aliphatic carbocycles. The molecule has 0 atom stereocenters. The molecule has 0 amide bonds. The van der Waals surface area contributed by atoms with E-state index < -0.39 is 0 Å². The maximum Gasteiger partial charge on any atom is 0.225 e. The topological polar surface area (TPSA) is 111 Å². The highest BCUT2D eigenvalue weighted by Gasteiger charge is 2.10. The molecule has 1 heterocycles. The van der Waals surface area contributed by atoms with Gasteiger partial charge in [0.25, 0.3) is 0 Å². The van der Waals surface area contributed by atoms with Gasteiger partial charge in [0.05, 0.1) is 5.56 Å². The molecule has 2 aromatic rings. The van der Waals surface area contributed by atoms with Crippen molar-refractivity contribution in [2.45, 2.75) is 0 Å². The summed E-state index contributed by atoms with van der Waals surface area (Å²) in [6, 6.07) is 4.51. The number of anilines is 2. The molecule has 0 unspecified atom stereocenters. The van der Waals surface area contributed by atoms with E-state index in [0.29, 0.717) is 10.6 Å². The van der Waals surface area contributed by atoms with Crippen molar-refractivity contribution < 1.29 is 5.11 Å². The van der Waals surface area contributed by atoms with Crippen LogP contribution >= 0.6 is 11.6 Å². The van der Waals surface area contributed by atoms with E-state index in [-0.39, 0.29) is 23.5 Å². The van der Waals surface area contributed by atoms with Crippen LogP contribution in [-0.2, 0) is 0 Å². The molecule has 0 bridgehead atoms. The number of phenols is 1. The molecule has 0 fully saturated rings. The largest absolute Gasteiger partial charge is 0.507 e. The van der Waals surface area contributed by atoms with E-state index in [1.165, 1.54) is 12.1 Å². The molecule has 1 aromatic heterocycles. The summed E-state index contributed by atoms with van der Waals surface area (Å²) in [7, 11) is 0. The second-order valence-corrected chi connectivity index (χ2v) is 3.47. The molecule has 0 radical (unpaired) electrons. The SMILES string of the molecule is Nc1nc(N)nc(-c2cc(Cl)ccc2O)n1. The van der Waals surface area contributed by atoms with E-state index in [1.54, 1.807) is 6.07 Å². The second-order valence-electron chi connectivity index (χ2n) is 3.04. The summed E-state index contributed by atoms with van der Waals surface area (Å²) in [6.07, 6.45) is 0. The Hall–Kier alpha value is -2.08. The van der Waals surface area contributed by atoms with Crippen molar-refractivity contribution in [2.24, 2.45) is 0 Å². The normalized spacial score (nSPS) is 10.3. The summed E-state index contributed by atoms with van der Waals surface area (Å²) in [4.78, 5) is 11.4. The molecule has 2 rings (SSSR count). The van der Waals surface area contributed by atoms with E-state index >= 15 is 0 Å². The summed E-state index contributed by atoms with van der Waals surface area (Å²) in [5, 5.41) is 10.1. The van der Waals surface area contributed by atoms with Crippen LogP contribution in [-0.4, -0.2) is 20.1 Å². The average Bonchev–Trinajstić information content (AvgIpc) is 2.20. The van der Waals surface area contributed by atoms with Gasteiger partial charge < -0.3 is 16.6 Å². The Kier molecular flexibility index (Phi) is 2.49. The molecule has 16 heavy (non-hydrogen) atoms. The lowest BCUT2D eigenvalue weighted by atomic mass is 10.2. The van der Waals surface area contributed by atoms with E-state index in [1.807, 2.05) is 0 Å². The smallest absolute Gasteiger partial charge is 0.225 e. The first-order chi connectivity index (χ1) is 7.56. The first kappa shape index (κ1) is 10.4. The van der Waals surface area contributed by atoms with Gasteiger partial charge in [-0.25, -0.2) is 0 Å². The van der Waals surface area contributed by atoms with Gasteiger partial charge >= 0.3 is 0 Å². The molecule has 0 saturated carbocycles. The van der Waals surface area contributed by atoms with Crippen LogP contribution in [0.25, 0.3) is 11.4 Å². The molecule has 1 aromatic carbocycles. The Morgan fingerprint density at radius 3 is 2.31 bits per heavy atom. The zero-order chi connectivity index (χ0) is 11.7. The summed E-state index contributed by atoms with van der Waals surface area (Å²) >= 11 is 5.80. The highest BCUT2D eigenvalue weighted by molar-refractivity contribution is 6.30. The molecule has 82 valence electrons. The van der Waals surface area contributed by atoms with Crippen LogP contribution in [0.1, 0.15) is 0 Å². The van der Waals surface area contributed by atoms with Gasteiger partial charge in [0.1, 0.15) is 5.75 Å². The van der Waals surface area contributed by atoms with E-state index in [2.05, 4.69) is 15.0 Å². The number of phenolic OH excluding ortho intramolecular Hbond substituents is 1. The summed E-state index contributed by atoms with van der Waals surface area (Å²) in [5.41, 5.74) is 11.2. The lowest BCUT2D eigenvalue weighted by Gasteiger charge is -2.04. The van der Waals surface area contributed by atoms with Crippen molar-refractivity contribution in [1.82, 2.24) is 15.0 Å². The van der Waals surface area contributed by atoms with E-state index in [0.717, 1.165) is 0 Å². The standard InChI is InChI=1S/C9H8ClN5O/c10-4-1-2-6(16)5(3-4)7-13-8(11)15-9(12)14-7/h1-3,16H,(H4,11,12,13,14,15). The molecule has 0 saturated heterocycles. The van der Waals surface area contributed by atoms with Crippen LogP contribution in [0, 0.1) is 0 Å². The van der Waals surface area contributed by atoms with Gasteiger partial charge in [0, 0.05) is 5.02 Å². The summed E-state index contributed by atoms with van der Waals surface area (Å²) in [5.74, 6) is 0.156. The van der Waals surface area contributed by atoms with Crippen LogP contribution in [0.2, 0.25) is 5.02 Å². The minimum Gasteiger partial charge on any atom is -0.507 e. The number of nitrogens with zero attached hydrogens (tertiary/aromatic N) is 3. The van der Waals surface area contributed by atoms with Gasteiger partial charge in [-0.1, -0.05) is 11.6 Å². The third kappa shape index (κ3) is 1.96. The number of aromatic hydroxyl groups is 1. The molecule has 0 spiro atoms. The lowest BCUT2D eigenvalue weighted by molar-refractivity contribution is 0.477. The lowest BCUT2D eigenvalue weighted by Crippen LogP contribution is -2.04. The first-order valence-electron chi connectivity index (χ1n) is 4.32. The zero-order valence-electron chi connectivity index (χ0n) is 8.05. The Balaban J connectivity index is 2.62. The number of nitrogens with two attached hydrogens (primary N) is 2. The fourth-order valence-corrected chi connectivity index (χ4v) is 1.39. The van der Waals surface area contributed by atoms with Crippen molar-refractivity contribution in [3.8, 4) is 17.1 Å². The predicted molar refractivity (Wildman–Crippen MR) is 60.8 cm³/mol. The average molecular weight is 238 g/mol. The molecule has 6 nitrogen and oxygen atoms in total. The van der Waals surface area contributed by atoms with Gasteiger partial charge in [0.2, 0.25) is 11.9 Å². The highest BCUT2D eigenvalue weighted by Crippen LogP contribution is 2.29. The highest BCUT2D eigenvalue weighted by atomic mass is 35.5. The van der Waals surface area contributed by atoms with Crippen molar-refractivity contribution in [2.75, 3.05) is 11.5 Å². The third-order valence-corrected chi connectivity index (χ3v) is 2.10. The maximum atomic E-state index is 9.63. The number of aromatic nitrogens is 3. The van der Waals surface area contributed by atoms with Crippen molar-refractivity contribution in [3.05, 3.63) is 23.2 Å². The number of benzene rings is 1. The Bertz CT molecular complexity index is 525. The van der Waals surface area contributed by atoms with Crippen LogP contribution in [0.4, 0.5) is 11.9 Å². The molecule has 7 heteroatoms. The van der Waals surface area contributed by atoms with Gasteiger partial charge in [0.15, 0.2) is 5.82 Å². The van der Waals surface area contributed by atoms with Crippen LogP contribution in [0.3, 0.4) is 0 Å². The number of rotatable bonds is 1. The zero-order valence-corrected chi connectivity index (χ0v) is 8.81. The Morgan fingerprint density at radius 1 is 1.06 bits per heavy atom. The van der Waals surface area contributed by atoms with Crippen LogP contribution < -0.4 is 11.5 Å². The second kappa shape index (κ2) is 3.82. The van der Waals surface area contributed by atoms with Gasteiger partial charge in [-0.05, 0) is 18.2 Å². The van der Waals surface area contributed by atoms with Crippen molar-refractivity contribution >= 4 is 23.5 Å². The number of halogens is 1. The van der Waals surface area contributed by atoms with Crippen molar-refractivity contribution in [1.29, 1.82) is 0 Å². The van der Waals surface area contributed by atoms with Gasteiger partial charge in [-0.2, -0.15) is 15.0 Å². The maximum absolute atomic E-state index is 9.63. The van der Waals surface area contributed by atoms with Crippen molar-refractivity contribution in [3.63, 3.8) is 0 Å². The monoisotopic (exact) mass is 237 g/mol. The third-order valence-electron chi connectivity index (χ3n) is 1.87. The van der Waals surface area contributed by atoms with Crippen LogP contribution in [0.5, 0.6) is 5.75 Å². The Labute approximate surface area is 95.9 Å². The Morgan fingerprint density at radius 2 is 1.69 bits per heavy atom. The molecular weight excluding hydrogens is 230 g/mol. The summed E-state index contributed by atoms with van der Waals surface area (Å²) < 4.78 is 0.